The second-order valence-electron chi connectivity index (χ2n) is 9.39. The SMILES string of the molecule is COc1cccc(CCc2ccc(Oc3nccc(OC4CCN(C(=O)OC(C)C)CC4)c3C)cc2)n1. The van der Waals surface area contributed by atoms with Crippen LogP contribution >= 0.6 is 0 Å². The normalized spacial score (nSPS) is 13.9. The molecular formula is C29H35N3O5. The molecular weight excluding hydrogens is 470 g/mol. The smallest absolute Gasteiger partial charge is 0.410 e. The molecule has 0 atom stereocenters. The van der Waals surface area contributed by atoms with Crippen LogP contribution in [-0.2, 0) is 17.6 Å². The number of piperidine rings is 1. The van der Waals surface area contributed by atoms with Crippen molar-refractivity contribution >= 4 is 6.09 Å². The summed E-state index contributed by atoms with van der Waals surface area (Å²) in [7, 11) is 1.63. The molecule has 3 aromatic rings. The van der Waals surface area contributed by atoms with Gasteiger partial charge in [0.05, 0.1) is 18.8 Å². The Morgan fingerprint density at radius 2 is 1.81 bits per heavy atom. The van der Waals surface area contributed by atoms with E-state index in [9.17, 15) is 4.79 Å². The molecule has 0 unspecified atom stereocenters. The number of carbonyl (C=O) groups is 1. The van der Waals surface area contributed by atoms with Crippen LogP contribution < -0.4 is 14.2 Å². The standard InChI is InChI=1S/C29H35N3O5/c1-20(2)35-29(33)32-18-15-25(16-19-32)36-26-14-17-30-28(21(26)3)37-24-12-9-22(10-13-24)8-11-23-6-5-7-27(31-23)34-4/h5-7,9-10,12-14,17,20,25H,8,11,15-16,18-19H2,1-4H3. The predicted molar refractivity (Wildman–Crippen MR) is 141 cm³/mol. The summed E-state index contributed by atoms with van der Waals surface area (Å²) >= 11 is 0. The van der Waals surface area contributed by atoms with Crippen molar-refractivity contribution in [3.05, 3.63) is 71.5 Å². The lowest BCUT2D eigenvalue weighted by Gasteiger charge is -2.32. The number of methoxy groups -OCH3 is 1. The molecule has 3 heterocycles. The molecule has 196 valence electrons. The zero-order valence-electron chi connectivity index (χ0n) is 22.0. The lowest BCUT2D eigenvalue weighted by molar-refractivity contribution is 0.0515. The zero-order chi connectivity index (χ0) is 26.2. The third-order valence-electron chi connectivity index (χ3n) is 6.24. The minimum atomic E-state index is -0.257. The van der Waals surface area contributed by atoms with E-state index >= 15 is 0 Å². The van der Waals surface area contributed by atoms with Crippen LogP contribution in [0.2, 0.25) is 0 Å². The largest absolute Gasteiger partial charge is 0.490 e. The molecule has 2 aromatic heterocycles. The highest BCUT2D eigenvalue weighted by atomic mass is 16.6. The van der Waals surface area contributed by atoms with E-state index in [1.807, 2.05) is 57.2 Å². The summed E-state index contributed by atoms with van der Waals surface area (Å²) in [6.07, 6.45) is 4.54. The molecule has 1 amide bonds. The monoisotopic (exact) mass is 505 g/mol. The molecule has 1 aliphatic rings. The Hall–Kier alpha value is -3.81. The van der Waals surface area contributed by atoms with E-state index < -0.39 is 0 Å². The summed E-state index contributed by atoms with van der Waals surface area (Å²) in [6, 6.07) is 15.7. The fraction of sp³-hybridized carbons (Fsp3) is 0.414. The van der Waals surface area contributed by atoms with Crippen LogP contribution in [0.4, 0.5) is 4.79 Å². The summed E-state index contributed by atoms with van der Waals surface area (Å²) in [6.45, 7) is 6.89. The lowest BCUT2D eigenvalue weighted by atomic mass is 10.1. The van der Waals surface area contributed by atoms with E-state index in [-0.39, 0.29) is 18.3 Å². The van der Waals surface area contributed by atoms with Crippen molar-refractivity contribution in [2.45, 2.75) is 58.7 Å². The number of nitrogens with zero attached hydrogens (tertiary/aromatic N) is 3. The molecule has 0 N–H and O–H groups in total. The maximum atomic E-state index is 12.1. The number of benzene rings is 1. The molecule has 0 spiro atoms. The van der Waals surface area contributed by atoms with Gasteiger partial charge in [-0.25, -0.2) is 14.8 Å². The molecule has 1 fully saturated rings. The first-order valence-electron chi connectivity index (χ1n) is 12.8. The maximum absolute atomic E-state index is 12.1. The van der Waals surface area contributed by atoms with Crippen molar-refractivity contribution in [1.29, 1.82) is 0 Å². The lowest BCUT2D eigenvalue weighted by Crippen LogP contribution is -2.42. The average molecular weight is 506 g/mol. The second kappa shape index (κ2) is 12.4. The van der Waals surface area contributed by atoms with Gasteiger partial charge in [-0.3, -0.25) is 0 Å². The van der Waals surface area contributed by atoms with E-state index in [0.29, 0.717) is 30.6 Å². The number of aryl methyl sites for hydroxylation is 2. The Kier molecular flexibility index (Phi) is 8.82. The van der Waals surface area contributed by atoms with Gasteiger partial charge in [-0.2, -0.15) is 0 Å². The summed E-state index contributed by atoms with van der Waals surface area (Å²) in [5.41, 5.74) is 3.04. The molecule has 0 aliphatic carbocycles. The molecule has 8 heteroatoms. The summed E-state index contributed by atoms with van der Waals surface area (Å²) in [5, 5.41) is 0. The van der Waals surface area contributed by atoms with Crippen LogP contribution in [0.3, 0.4) is 0 Å². The number of amides is 1. The molecule has 8 nitrogen and oxygen atoms in total. The van der Waals surface area contributed by atoms with Crippen molar-refractivity contribution in [2.24, 2.45) is 0 Å². The third kappa shape index (κ3) is 7.35. The first-order chi connectivity index (χ1) is 17.9. The van der Waals surface area contributed by atoms with Crippen molar-refractivity contribution in [2.75, 3.05) is 20.2 Å². The Balaban J connectivity index is 1.30. The van der Waals surface area contributed by atoms with Gasteiger partial charge in [0.1, 0.15) is 17.6 Å². The van der Waals surface area contributed by atoms with Crippen LogP contribution in [0, 0.1) is 6.92 Å². The van der Waals surface area contributed by atoms with E-state index in [4.69, 9.17) is 18.9 Å². The Bertz CT molecular complexity index is 1170. The molecule has 1 aliphatic heterocycles. The fourth-order valence-electron chi connectivity index (χ4n) is 4.16. The van der Waals surface area contributed by atoms with Crippen molar-refractivity contribution < 1.29 is 23.7 Å². The number of likely N-dealkylation sites (tertiary alicyclic amines) is 1. The summed E-state index contributed by atoms with van der Waals surface area (Å²) in [4.78, 5) is 22.7. The number of carbonyl (C=O) groups excluding carboxylic acids is 1. The number of rotatable bonds is 9. The zero-order valence-corrected chi connectivity index (χ0v) is 22.0. The fourth-order valence-corrected chi connectivity index (χ4v) is 4.16. The van der Waals surface area contributed by atoms with E-state index in [2.05, 4.69) is 22.1 Å². The minimum Gasteiger partial charge on any atom is -0.490 e. The molecule has 0 bridgehead atoms. The van der Waals surface area contributed by atoms with Crippen LogP contribution in [0.1, 0.15) is 43.5 Å². The van der Waals surface area contributed by atoms with Crippen LogP contribution in [0.5, 0.6) is 23.3 Å². The van der Waals surface area contributed by atoms with Gasteiger partial charge in [-0.05, 0) is 63.4 Å². The number of ether oxygens (including phenoxy) is 4. The molecule has 4 rings (SSSR count). The van der Waals surface area contributed by atoms with E-state index in [1.165, 1.54) is 5.56 Å². The number of hydrogen-bond acceptors (Lipinski definition) is 7. The molecule has 1 saturated heterocycles. The molecule has 37 heavy (non-hydrogen) atoms. The van der Waals surface area contributed by atoms with Gasteiger partial charge in [0.25, 0.3) is 0 Å². The maximum Gasteiger partial charge on any atom is 0.410 e. The van der Waals surface area contributed by atoms with E-state index in [1.54, 1.807) is 18.2 Å². The average Bonchev–Trinajstić information content (AvgIpc) is 2.90. The second-order valence-corrected chi connectivity index (χ2v) is 9.39. The summed E-state index contributed by atoms with van der Waals surface area (Å²) in [5.74, 6) is 2.61. The number of hydrogen-bond donors (Lipinski definition) is 0. The molecule has 0 saturated carbocycles. The van der Waals surface area contributed by atoms with Crippen LogP contribution in [0.25, 0.3) is 0 Å². The Morgan fingerprint density at radius 3 is 2.51 bits per heavy atom. The topological polar surface area (TPSA) is 83.0 Å². The first kappa shape index (κ1) is 26.3. The van der Waals surface area contributed by atoms with Crippen molar-refractivity contribution in [3.63, 3.8) is 0 Å². The van der Waals surface area contributed by atoms with Gasteiger partial charge >= 0.3 is 6.09 Å². The van der Waals surface area contributed by atoms with Crippen LogP contribution in [0.15, 0.2) is 54.7 Å². The highest BCUT2D eigenvalue weighted by Gasteiger charge is 2.26. The highest BCUT2D eigenvalue weighted by molar-refractivity contribution is 5.67. The molecule has 0 radical (unpaired) electrons. The Morgan fingerprint density at radius 1 is 1.05 bits per heavy atom. The van der Waals surface area contributed by atoms with Gasteiger partial charge < -0.3 is 23.8 Å². The molecule has 1 aromatic carbocycles. The first-order valence-corrected chi connectivity index (χ1v) is 12.8. The number of aromatic nitrogens is 2. The number of pyridine rings is 2. The van der Waals surface area contributed by atoms with Gasteiger partial charge in [0.2, 0.25) is 11.8 Å². The van der Waals surface area contributed by atoms with Gasteiger partial charge in [0, 0.05) is 43.9 Å². The van der Waals surface area contributed by atoms with Crippen molar-refractivity contribution in [3.8, 4) is 23.3 Å². The Labute approximate surface area is 218 Å². The van der Waals surface area contributed by atoms with Crippen molar-refractivity contribution in [1.82, 2.24) is 14.9 Å². The predicted octanol–water partition coefficient (Wildman–Crippen LogP) is 5.76. The van der Waals surface area contributed by atoms with Gasteiger partial charge in [-0.15, -0.1) is 0 Å². The van der Waals surface area contributed by atoms with E-state index in [0.717, 1.165) is 42.7 Å². The van der Waals surface area contributed by atoms with Gasteiger partial charge in [-0.1, -0.05) is 18.2 Å². The van der Waals surface area contributed by atoms with Crippen LogP contribution in [-0.4, -0.2) is 53.4 Å². The minimum absolute atomic E-state index is 0.0235. The quantitative estimate of drug-likeness (QED) is 0.366. The summed E-state index contributed by atoms with van der Waals surface area (Å²) < 4.78 is 22.9. The third-order valence-corrected chi connectivity index (χ3v) is 6.24. The van der Waals surface area contributed by atoms with Gasteiger partial charge in [0.15, 0.2) is 0 Å². The highest BCUT2D eigenvalue weighted by Crippen LogP contribution is 2.31.